The molecule has 3 heteroatoms. The number of hydrogen-bond donors (Lipinski definition) is 0. The zero-order valence-corrected chi connectivity index (χ0v) is 14.3. The van der Waals surface area contributed by atoms with Crippen LogP contribution < -0.4 is 0 Å². The second-order valence-corrected chi connectivity index (χ2v) is 6.49. The second-order valence-electron chi connectivity index (χ2n) is 6.49. The van der Waals surface area contributed by atoms with Crippen LogP contribution in [0.15, 0.2) is 24.3 Å². The van der Waals surface area contributed by atoms with Crippen molar-refractivity contribution in [3.05, 3.63) is 29.8 Å². The van der Waals surface area contributed by atoms with Gasteiger partial charge in [0.15, 0.2) is 5.71 Å². The molecule has 0 atom stereocenters. The molecule has 1 heterocycles. The molecule has 1 aliphatic rings. The largest absolute Gasteiger partial charge is 0.466 e. The number of unbranched alkanes of at least 4 members (excludes halogenated alkanes) is 2. The van der Waals surface area contributed by atoms with Gasteiger partial charge in [-0.1, -0.05) is 18.2 Å². The fraction of sp³-hybridized carbons (Fsp3) is 0.579. The number of carbonyl (C=O) groups is 1. The topological polar surface area (TPSA) is 29.3 Å². The maximum atomic E-state index is 11.3. The average Bonchev–Trinajstić information content (AvgIpc) is 2.68. The number of hydrogen-bond acceptors (Lipinski definition) is 2. The molecule has 0 saturated carbocycles. The monoisotopic (exact) mass is 302 g/mol. The van der Waals surface area contributed by atoms with Gasteiger partial charge in [-0.15, -0.1) is 0 Å². The lowest BCUT2D eigenvalue weighted by Crippen LogP contribution is -2.26. The van der Waals surface area contributed by atoms with Crippen LogP contribution in [0.25, 0.3) is 0 Å². The third-order valence-electron chi connectivity index (χ3n) is 4.75. The van der Waals surface area contributed by atoms with Crippen molar-refractivity contribution in [3.8, 4) is 0 Å². The normalized spacial score (nSPS) is 15.8. The molecule has 3 nitrogen and oxygen atoms in total. The summed E-state index contributed by atoms with van der Waals surface area (Å²) in [4.78, 5) is 11.3. The van der Waals surface area contributed by atoms with Gasteiger partial charge < -0.3 is 4.74 Å². The van der Waals surface area contributed by atoms with Crippen molar-refractivity contribution in [1.29, 1.82) is 0 Å². The Labute approximate surface area is 134 Å². The molecule has 0 aliphatic carbocycles. The molecule has 2 rings (SSSR count). The van der Waals surface area contributed by atoms with E-state index in [4.69, 9.17) is 4.74 Å². The number of benzene rings is 1. The van der Waals surface area contributed by atoms with Crippen molar-refractivity contribution in [2.75, 3.05) is 13.2 Å². The van der Waals surface area contributed by atoms with Crippen LogP contribution in [0.3, 0.4) is 0 Å². The summed E-state index contributed by atoms with van der Waals surface area (Å²) < 4.78 is 7.40. The van der Waals surface area contributed by atoms with Crippen molar-refractivity contribution in [1.82, 2.24) is 0 Å². The highest BCUT2D eigenvalue weighted by molar-refractivity contribution is 5.93. The van der Waals surface area contributed by atoms with Gasteiger partial charge in [0.05, 0.1) is 12.0 Å². The molecule has 1 aromatic rings. The lowest BCUT2D eigenvalue weighted by molar-refractivity contribution is -0.439. The molecule has 0 aromatic heterocycles. The number of ether oxygens (including phenoxy) is 1. The lowest BCUT2D eigenvalue weighted by atomic mass is 9.82. The fourth-order valence-corrected chi connectivity index (χ4v) is 3.19. The van der Waals surface area contributed by atoms with Crippen LogP contribution in [0, 0.1) is 0 Å². The van der Waals surface area contributed by atoms with Gasteiger partial charge in [0.2, 0.25) is 5.69 Å². The molecule has 0 unspecified atom stereocenters. The zero-order chi connectivity index (χ0) is 16.2. The number of fused-ring (bicyclic) bond motifs is 1. The number of carbonyl (C=O) groups excluding carboxylic acids is 1. The summed E-state index contributed by atoms with van der Waals surface area (Å²) in [5, 5.41) is 0. The molecule has 22 heavy (non-hydrogen) atoms. The van der Waals surface area contributed by atoms with E-state index < -0.39 is 0 Å². The van der Waals surface area contributed by atoms with Crippen LogP contribution in [0.1, 0.15) is 58.9 Å². The van der Waals surface area contributed by atoms with Gasteiger partial charge in [-0.3, -0.25) is 4.79 Å². The van der Waals surface area contributed by atoms with Crippen molar-refractivity contribution < 1.29 is 14.1 Å². The summed E-state index contributed by atoms with van der Waals surface area (Å²) in [7, 11) is 0. The van der Waals surface area contributed by atoms with Gasteiger partial charge in [0, 0.05) is 31.4 Å². The summed E-state index contributed by atoms with van der Waals surface area (Å²) in [6.45, 7) is 10.2. The predicted octanol–water partition coefficient (Wildman–Crippen LogP) is 4.21. The second kappa shape index (κ2) is 7.08. The summed E-state index contributed by atoms with van der Waals surface area (Å²) in [6.07, 6.45) is 3.61. The van der Waals surface area contributed by atoms with Crippen molar-refractivity contribution in [3.63, 3.8) is 0 Å². The fourth-order valence-electron chi connectivity index (χ4n) is 3.19. The van der Waals surface area contributed by atoms with Gasteiger partial charge in [0.1, 0.15) is 6.54 Å². The van der Waals surface area contributed by atoms with Crippen molar-refractivity contribution >= 4 is 17.4 Å². The van der Waals surface area contributed by atoms with Crippen molar-refractivity contribution in [2.24, 2.45) is 0 Å². The molecule has 120 valence electrons. The maximum absolute atomic E-state index is 11.3. The Hall–Kier alpha value is -1.64. The van der Waals surface area contributed by atoms with Crippen molar-refractivity contribution in [2.45, 2.75) is 58.8 Å². The molecule has 0 amide bonds. The first kappa shape index (κ1) is 16.7. The molecule has 1 aromatic carbocycles. The number of rotatable bonds is 7. The highest BCUT2D eigenvalue weighted by atomic mass is 16.5. The first-order valence-electron chi connectivity index (χ1n) is 8.35. The Morgan fingerprint density at radius 1 is 1.18 bits per heavy atom. The van der Waals surface area contributed by atoms with Crippen LogP contribution >= 0.6 is 0 Å². The maximum Gasteiger partial charge on any atom is 0.305 e. The standard InChI is InChI=1S/C19H28NO2/c1-5-22-18(21)13-7-6-10-14-20-15(2)19(3,4)16-11-8-9-12-17(16)20/h8-9,11-12H,5-7,10,13-14H2,1-4H3/q+1. The first-order chi connectivity index (χ1) is 10.5. The van der Waals surface area contributed by atoms with E-state index in [0.717, 1.165) is 25.8 Å². The van der Waals surface area contributed by atoms with Gasteiger partial charge in [-0.05, 0) is 33.6 Å². The molecular formula is C19H28NO2+. The summed E-state index contributed by atoms with van der Waals surface area (Å²) in [5.74, 6) is -0.0714. The van der Waals surface area contributed by atoms with Crippen LogP contribution in [-0.4, -0.2) is 29.4 Å². The van der Waals surface area contributed by atoms with Gasteiger partial charge in [-0.2, -0.15) is 4.58 Å². The van der Waals surface area contributed by atoms with Crippen LogP contribution in [0.2, 0.25) is 0 Å². The molecule has 0 fully saturated rings. The van der Waals surface area contributed by atoms with Crippen LogP contribution in [0.4, 0.5) is 5.69 Å². The predicted molar refractivity (Wildman–Crippen MR) is 90.0 cm³/mol. The van der Waals surface area contributed by atoms with Gasteiger partial charge in [0.25, 0.3) is 0 Å². The van der Waals surface area contributed by atoms with Gasteiger partial charge >= 0.3 is 5.97 Å². The molecule has 0 saturated heterocycles. The molecule has 0 radical (unpaired) electrons. The smallest absolute Gasteiger partial charge is 0.305 e. The zero-order valence-electron chi connectivity index (χ0n) is 14.3. The highest BCUT2D eigenvalue weighted by Gasteiger charge is 2.42. The third-order valence-corrected chi connectivity index (χ3v) is 4.75. The minimum absolute atomic E-state index is 0.0714. The van der Waals surface area contributed by atoms with E-state index in [1.54, 1.807) is 0 Å². The molecule has 0 bridgehead atoms. The Bertz CT molecular complexity index is 573. The quantitative estimate of drug-likeness (QED) is 0.429. The summed E-state index contributed by atoms with van der Waals surface area (Å²) in [6, 6.07) is 8.68. The lowest BCUT2D eigenvalue weighted by Gasteiger charge is -2.14. The van der Waals surface area contributed by atoms with E-state index in [2.05, 4.69) is 49.6 Å². The van der Waals surface area contributed by atoms with E-state index in [1.165, 1.54) is 17.0 Å². The van der Waals surface area contributed by atoms with Crippen LogP contribution in [0.5, 0.6) is 0 Å². The molecular weight excluding hydrogens is 274 g/mol. The Morgan fingerprint density at radius 3 is 2.64 bits per heavy atom. The minimum Gasteiger partial charge on any atom is -0.466 e. The molecule has 0 N–H and O–H groups in total. The Kier molecular flexibility index (Phi) is 5.38. The highest BCUT2D eigenvalue weighted by Crippen LogP contribution is 2.39. The Balaban J connectivity index is 1.91. The minimum atomic E-state index is -0.0714. The van der Waals surface area contributed by atoms with E-state index in [1.807, 2.05) is 6.92 Å². The molecule has 0 spiro atoms. The number of para-hydroxylation sites is 1. The van der Waals surface area contributed by atoms with E-state index in [0.29, 0.717) is 13.0 Å². The van der Waals surface area contributed by atoms with Crippen LogP contribution in [-0.2, 0) is 14.9 Å². The first-order valence-corrected chi connectivity index (χ1v) is 8.35. The summed E-state index contributed by atoms with van der Waals surface area (Å²) >= 11 is 0. The van der Waals surface area contributed by atoms with E-state index in [9.17, 15) is 4.79 Å². The van der Waals surface area contributed by atoms with E-state index >= 15 is 0 Å². The third kappa shape index (κ3) is 3.40. The number of esters is 1. The van der Waals surface area contributed by atoms with E-state index in [-0.39, 0.29) is 11.4 Å². The molecule has 1 aliphatic heterocycles. The number of nitrogens with zero attached hydrogens (tertiary/aromatic N) is 1. The summed E-state index contributed by atoms with van der Waals surface area (Å²) in [5.41, 5.74) is 4.29. The van der Waals surface area contributed by atoms with Gasteiger partial charge in [-0.25, -0.2) is 0 Å². The SMILES string of the molecule is CCOC(=O)CCCCC[N+]1=C(C)C(C)(C)c2ccccc21. The average molecular weight is 302 g/mol. The Morgan fingerprint density at radius 2 is 1.91 bits per heavy atom.